The Hall–Kier alpha value is -3.01. The van der Waals surface area contributed by atoms with Crippen molar-refractivity contribution in [2.45, 2.75) is 0 Å². The minimum Gasteiger partial charge on any atom is -0.267 e. The van der Waals surface area contributed by atoms with Gasteiger partial charge in [0.15, 0.2) is 0 Å². The van der Waals surface area contributed by atoms with Gasteiger partial charge in [-0.1, -0.05) is 48.5 Å². The molecule has 0 unspecified atom stereocenters. The maximum absolute atomic E-state index is 12.2. The van der Waals surface area contributed by atoms with Crippen LogP contribution in [0.4, 0.5) is 0 Å². The van der Waals surface area contributed by atoms with Gasteiger partial charge >= 0.3 is 0 Å². The van der Waals surface area contributed by atoms with Crippen molar-refractivity contribution in [2.75, 3.05) is 0 Å². The van der Waals surface area contributed by atoms with Crippen molar-refractivity contribution in [2.24, 2.45) is 5.10 Å². The second-order valence-corrected chi connectivity index (χ2v) is 4.45. The number of para-hydroxylation sites is 1. The number of aromatic nitrogens is 2. The predicted octanol–water partition coefficient (Wildman–Crippen LogP) is 2.94. The van der Waals surface area contributed by atoms with Crippen molar-refractivity contribution < 1.29 is 0 Å². The van der Waals surface area contributed by atoms with Gasteiger partial charge in [-0.25, -0.2) is 4.98 Å². The standard InChI is InChI=1S/C17H13N3O/c21-17-15-10-4-5-11-16(15)18-13-20(17)19-12-6-9-14-7-2-1-3-8-14/h1-13H/b9-6+,19-12+. The van der Waals surface area contributed by atoms with Gasteiger partial charge < -0.3 is 0 Å². The van der Waals surface area contributed by atoms with Crippen LogP contribution in [0.1, 0.15) is 5.56 Å². The largest absolute Gasteiger partial charge is 0.281 e. The highest BCUT2D eigenvalue weighted by molar-refractivity contribution is 5.79. The van der Waals surface area contributed by atoms with Crippen LogP contribution < -0.4 is 5.56 Å². The molecule has 1 aromatic heterocycles. The summed E-state index contributed by atoms with van der Waals surface area (Å²) in [5.41, 5.74) is 1.58. The molecule has 0 amide bonds. The molecule has 1 heterocycles. The monoisotopic (exact) mass is 275 g/mol. The Kier molecular flexibility index (Phi) is 3.69. The second kappa shape index (κ2) is 5.96. The van der Waals surface area contributed by atoms with Crippen molar-refractivity contribution in [1.29, 1.82) is 0 Å². The summed E-state index contributed by atoms with van der Waals surface area (Å²) in [5.74, 6) is 0. The molecule has 0 aliphatic heterocycles. The maximum Gasteiger partial charge on any atom is 0.281 e. The first-order valence-electron chi connectivity index (χ1n) is 6.57. The molecular weight excluding hydrogens is 262 g/mol. The van der Waals surface area contributed by atoms with Crippen molar-refractivity contribution >= 4 is 23.2 Å². The lowest BCUT2D eigenvalue weighted by molar-refractivity contribution is 0.818. The molecular formula is C17H13N3O. The van der Waals surface area contributed by atoms with Crippen LogP contribution in [-0.2, 0) is 0 Å². The van der Waals surface area contributed by atoms with Crippen LogP contribution in [0.5, 0.6) is 0 Å². The molecule has 0 fully saturated rings. The van der Waals surface area contributed by atoms with Gasteiger partial charge in [-0.05, 0) is 23.8 Å². The quantitative estimate of drug-likeness (QED) is 0.690. The molecule has 0 saturated heterocycles. The van der Waals surface area contributed by atoms with Gasteiger partial charge in [0.25, 0.3) is 5.56 Å². The lowest BCUT2D eigenvalue weighted by atomic mass is 10.2. The number of hydrogen-bond acceptors (Lipinski definition) is 3. The lowest BCUT2D eigenvalue weighted by Gasteiger charge is -1.99. The highest BCUT2D eigenvalue weighted by Gasteiger charge is 2.00. The number of nitrogens with zero attached hydrogens (tertiary/aromatic N) is 3. The van der Waals surface area contributed by atoms with Gasteiger partial charge in [0.05, 0.1) is 10.9 Å². The third-order valence-electron chi connectivity index (χ3n) is 3.01. The molecule has 0 aliphatic rings. The molecule has 3 rings (SSSR count). The molecule has 4 nitrogen and oxygen atoms in total. The summed E-state index contributed by atoms with van der Waals surface area (Å²) in [6.07, 6.45) is 6.71. The summed E-state index contributed by atoms with van der Waals surface area (Å²) < 4.78 is 1.23. The molecule has 3 aromatic rings. The zero-order valence-corrected chi connectivity index (χ0v) is 11.3. The fourth-order valence-corrected chi connectivity index (χ4v) is 1.97. The van der Waals surface area contributed by atoms with E-state index in [1.54, 1.807) is 24.4 Å². The summed E-state index contributed by atoms with van der Waals surface area (Å²) in [7, 11) is 0. The molecule has 0 atom stereocenters. The van der Waals surface area contributed by atoms with Crippen molar-refractivity contribution in [3.8, 4) is 0 Å². The normalized spacial score (nSPS) is 11.6. The topological polar surface area (TPSA) is 47.2 Å². The number of benzene rings is 2. The molecule has 0 saturated carbocycles. The van der Waals surface area contributed by atoms with Crippen LogP contribution in [0.3, 0.4) is 0 Å². The van der Waals surface area contributed by atoms with Crippen molar-refractivity contribution in [3.05, 3.63) is 82.9 Å². The van der Waals surface area contributed by atoms with Crippen LogP contribution in [0.15, 0.2) is 76.9 Å². The van der Waals surface area contributed by atoms with Crippen LogP contribution in [0.25, 0.3) is 17.0 Å². The van der Waals surface area contributed by atoms with Crippen LogP contribution in [0, 0.1) is 0 Å². The third kappa shape index (κ3) is 2.95. The number of rotatable bonds is 3. The van der Waals surface area contributed by atoms with Gasteiger partial charge in [-0.15, -0.1) is 0 Å². The van der Waals surface area contributed by atoms with Gasteiger partial charge in [0.2, 0.25) is 0 Å². The number of fused-ring (bicyclic) bond motifs is 1. The second-order valence-electron chi connectivity index (χ2n) is 4.45. The minimum atomic E-state index is -0.176. The Morgan fingerprint density at radius 2 is 1.76 bits per heavy atom. The van der Waals surface area contributed by atoms with E-state index in [1.165, 1.54) is 11.0 Å². The van der Waals surface area contributed by atoms with Crippen LogP contribution in [-0.4, -0.2) is 15.9 Å². The summed E-state index contributed by atoms with van der Waals surface area (Å²) in [6, 6.07) is 17.1. The first-order chi connectivity index (χ1) is 10.3. The third-order valence-corrected chi connectivity index (χ3v) is 3.01. The maximum atomic E-state index is 12.2. The molecule has 0 bridgehead atoms. The molecule has 21 heavy (non-hydrogen) atoms. The Bertz CT molecular complexity index is 864. The van der Waals surface area contributed by atoms with E-state index < -0.39 is 0 Å². The van der Waals surface area contributed by atoms with Crippen LogP contribution >= 0.6 is 0 Å². The highest BCUT2D eigenvalue weighted by Crippen LogP contribution is 2.04. The number of hydrogen-bond donors (Lipinski definition) is 0. The molecule has 102 valence electrons. The van der Waals surface area contributed by atoms with E-state index in [0.29, 0.717) is 10.9 Å². The molecule has 0 N–H and O–H groups in total. The summed E-state index contributed by atoms with van der Waals surface area (Å²) in [5, 5.41) is 4.66. The Morgan fingerprint density at radius 3 is 2.62 bits per heavy atom. The Morgan fingerprint density at radius 1 is 1.00 bits per heavy atom. The summed E-state index contributed by atoms with van der Waals surface area (Å²) >= 11 is 0. The predicted molar refractivity (Wildman–Crippen MR) is 85.4 cm³/mol. The highest BCUT2D eigenvalue weighted by atomic mass is 16.1. The van der Waals surface area contributed by atoms with E-state index in [-0.39, 0.29) is 5.56 Å². The van der Waals surface area contributed by atoms with E-state index in [0.717, 1.165) is 5.56 Å². The van der Waals surface area contributed by atoms with E-state index >= 15 is 0 Å². The van der Waals surface area contributed by atoms with E-state index in [2.05, 4.69) is 10.1 Å². The molecule has 2 aromatic carbocycles. The van der Waals surface area contributed by atoms with E-state index in [1.807, 2.05) is 48.5 Å². The van der Waals surface area contributed by atoms with E-state index in [9.17, 15) is 4.79 Å². The summed E-state index contributed by atoms with van der Waals surface area (Å²) in [4.78, 5) is 16.4. The average Bonchev–Trinajstić information content (AvgIpc) is 2.55. The first kappa shape index (κ1) is 13.0. The van der Waals surface area contributed by atoms with Gasteiger partial charge in [-0.2, -0.15) is 9.78 Å². The SMILES string of the molecule is O=c1c2ccccc2ncn1/N=C/C=C/c1ccccc1. The number of allylic oxidation sites excluding steroid dienone is 1. The Balaban J connectivity index is 1.85. The fraction of sp³-hybridized carbons (Fsp3) is 0. The van der Waals surface area contributed by atoms with E-state index in [4.69, 9.17) is 0 Å². The van der Waals surface area contributed by atoms with Crippen LogP contribution in [0.2, 0.25) is 0 Å². The zero-order chi connectivity index (χ0) is 14.5. The molecule has 0 radical (unpaired) electrons. The minimum absolute atomic E-state index is 0.176. The van der Waals surface area contributed by atoms with Crippen molar-refractivity contribution in [3.63, 3.8) is 0 Å². The Labute approximate surface area is 121 Å². The molecule has 0 spiro atoms. The van der Waals surface area contributed by atoms with Gasteiger partial charge in [0, 0.05) is 6.21 Å². The first-order valence-corrected chi connectivity index (χ1v) is 6.57. The zero-order valence-electron chi connectivity index (χ0n) is 11.3. The molecule has 0 aliphatic carbocycles. The summed E-state index contributed by atoms with van der Waals surface area (Å²) in [6.45, 7) is 0. The van der Waals surface area contributed by atoms with Gasteiger partial charge in [-0.3, -0.25) is 4.79 Å². The fourth-order valence-electron chi connectivity index (χ4n) is 1.97. The molecule has 4 heteroatoms. The lowest BCUT2D eigenvalue weighted by Crippen LogP contribution is -2.16. The smallest absolute Gasteiger partial charge is 0.267 e. The average molecular weight is 275 g/mol. The van der Waals surface area contributed by atoms with Gasteiger partial charge in [0.1, 0.15) is 6.33 Å². The van der Waals surface area contributed by atoms with Crippen molar-refractivity contribution in [1.82, 2.24) is 9.66 Å².